The number of rotatable bonds is 9. The molecule has 0 bridgehead atoms. The standard InChI is InChI=1S/C74H50N2/c1-4-20-51(21-5-1)52-36-41-57(42-37-52)75(58-43-38-55(39-44-58)73(53-22-6-2-7-23-53)67-31-15-10-26-61(67)62-27-11-16-32-68(62)73)59-45-47-60(48-46-59)76-71-35-19-14-30-65(71)66-50-56(40-49-72(66)76)74(54-24-8-3-9-25-54)69-33-17-12-28-63(69)64-29-13-18-34-70(64)74/h1-50H. The van der Waals surface area contributed by atoms with Crippen molar-refractivity contribution < 1.29 is 0 Å². The number of aromatic nitrogens is 1. The highest BCUT2D eigenvalue weighted by molar-refractivity contribution is 6.10. The molecule has 2 heteroatoms. The molecular formula is C74H50N2. The summed E-state index contributed by atoms with van der Waals surface area (Å²) in [6.07, 6.45) is 0. The van der Waals surface area contributed by atoms with Gasteiger partial charge in [0.1, 0.15) is 0 Å². The largest absolute Gasteiger partial charge is 0.311 e. The highest BCUT2D eigenvalue weighted by atomic mass is 15.1. The molecule has 0 aliphatic heterocycles. The first-order chi connectivity index (χ1) is 37.7. The van der Waals surface area contributed by atoms with Gasteiger partial charge in [-0.3, -0.25) is 0 Å². The maximum absolute atomic E-state index is 2.48. The number of anilines is 3. The average molecular weight is 967 g/mol. The van der Waals surface area contributed by atoms with Crippen LogP contribution in [0.2, 0.25) is 0 Å². The van der Waals surface area contributed by atoms with Gasteiger partial charge < -0.3 is 9.47 Å². The fourth-order valence-electron chi connectivity index (χ4n) is 13.4. The van der Waals surface area contributed by atoms with Gasteiger partial charge in [0, 0.05) is 33.5 Å². The first-order valence-corrected chi connectivity index (χ1v) is 26.4. The minimum atomic E-state index is -0.483. The minimum Gasteiger partial charge on any atom is -0.311 e. The maximum Gasteiger partial charge on any atom is 0.0713 e. The fourth-order valence-corrected chi connectivity index (χ4v) is 13.4. The summed E-state index contributed by atoms with van der Waals surface area (Å²) in [4.78, 5) is 2.40. The van der Waals surface area contributed by atoms with Crippen molar-refractivity contribution in [1.29, 1.82) is 0 Å². The second-order valence-corrected chi connectivity index (χ2v) is 20.3. The Morgan fingerprint density at radius 3 is 1.12 bits per heavy atom. The average Bonchev–Trinajstić information content (AvgIpc) is 4.29. The third-order valence-corrected chi connectivity index (χ3v) is 16.6. The Morgan fingerprint density at radius 1 is 0.250 bits per heavy atom. The van der Waals surface area contributed by atoms with Gasteiger partial charge in [-0.05, 0) is 145 Å². The molecule has 0 saturated heterocycles. The van der Waals surface area contributed by atoms with E-state index in [2.05, 4.69) is 313 Å². The van der Waals surface area contributed by atoms with Crippen LogP contribution < -0.4 is 4.90 Å². The van der Waals surface area contributed by atoms with E-state index < -0.39 is 10.8 Å². The van der Waals surface area contributed by atoms with Crippen LogP contribution in [0, 0.1) is 0 Å². The topological polar surface area (TPSA) is 8.17 Å². The van der Waals surface area contributed by atoms with E-state index in [1.54, 1.807) is 0 Å². The van der Waals surface area contributed by atoms with E-state index in [0.717, 1.165) is 22.7 Å². The molecule has 356 valence electrons. The molecule has 2 nitrogen and oxygen atoms in total. The Hall–Kier alpha value is -9.76. The predicted molar refractivity (Wildman–Crippen MR) is 316 cm³/mol. The van der Waals surface area contributed by atoms with Crippen molar-refractivity contribution in [2.75, 3.05) is 4.90 Å². The lowest BCUT2D eigenvalue weighted by atomic mass is 9.67. The van der Waals surface area contributed by atoms with E-state index in [1.165, 1.54) is 99.7 Å². The predicted octanol–water partition coefficient (Wildman–Crippen LogP) is 18.6. The molecule has 0 fully saturated rings. The summed E-state index contributed by atoms with van der Waals surface area (Å²) in [6.45, 7) is 0. The molecule has 0 saturated carbocycles. The van der Waals surface area contributed by atoms with Crippen LogP contribution in [-0.2, 0) is 10.8 Å². The van der Waals surface area contributed by atoms with Gasteiger partial charge in [0.15, 0.2) is 0 Å². The van der Waals surface area contributed by atoms with Gasteiger partial charge in [0.25, 0.3) is 0 Å². The maximum atomic E-state index is 2.48. The third kappa shape index (κ3) is 6.41. The number of hydrogen-bond acceptors (Lipinski definition) is 1. The molecule has 2 aliphatic carbocycles. The van der Waals surface area contributed by atoms with Crippen LogP contribution in [0.25, 0.3) is 60.9 Å². The minimum absolute atomic E-state index is 0.478. The van der Waals surface area contributed by atoms with Crippen LogP contribution in [0.1, 0.15) is 44.5 Å². The molecule has 13 aromatic rings. The van der Waals surface area contributed by atoms with Crippen molar-refractivity contribution in [1.82, 2.24) is 4.57 Å². The Balaban J connectivity index is 0.868. The summed E-state index contributed by atoms with van der Waals surface area (Å²) in [6, 6.07) is 112. The summed E-state index contributed by atoms with van der Waals surface area (Å²) < 4.78 is 2.44. The van der Waals surface area contributed by atoms with E-state index in [-0.39, 0.29) is 0 Å². The van der Waals surface area contributed by atoms with Crippen LogP contribution in [0.15, 0.2) is 303 Å². The summed E-state index contributed by atoms with van der Waals surface area (Å²) in [7, 11) is 0. The molecular weight excluding hydrogens is 917 g/mol. The van der Waals surface area contributed by atoms with Gasteiger partial charge in [-0.1, -0.05) is 237 Å². The molecule has 2 aliphatic rings. The molecule has 0 spiro atoms. The summed E-state index contributed by atoms with van der Waals surface area (Å²) in [5.74, 6) is 0. The number of hydrogen-bond donors (Lipinski definition) is 0. The quantitative estimate of drug-likeness (QED) is 0.140. The Labute approximate surface area is 443 Å². The summed E-state index contributed by atoms with van der Waals surface area (Å²) >= 11 is 0. The highest BCUT2D eigenvalue weighted by Gasteiger charge is 2.47. The number of fused-ring (bicyclic) bond motifs is 9. The number of para-hydroxylation sites is 1. The Bertz CT molecular complexity index is 4210. The van der Waals surface area contributed by atoms with Crippen molar-refractivity contribution in [3.8, 4) is 39.1 Å². The van der Waals surface area contributed by atoms with Crippen LogP contribution in [-0.4, -0.2) is 4.57 Å². The van der Waals surface area contributed by atoms with Gasteiger partial charge >= 0.3 is 0 Å². The second-order valence-electron chi connectivity index (χ2n) is 20.3. The fraction of sp³-hybridized carbons (Fsp3) is 0.0270. The van der Waals surface area contributed by atoms with Crippen LogP contribution >= 0.6 is 0 Å². The van der Waals surface area contributed by atoms with Crippen molar-refractivity contribution in [2.45, 2.75) is 10.8 Å². The van der Waals surface area contributed by atoms with Crippen LogP contribution in [0.4, 0.5) is 17.1 Å². The summed E-state index contributed by atoms with van der Waals surface area (Å²) in [5.41, 5.74) is 23.6. The van der Waals surface area contributed by atoms with Crippen LogP contribution in [0.5, 0.6) is 0 Å². The van der Waals surface area contributed by atoms with Crippen molar-refractivity contribution in [3.63, 3.8) is 0 Å². The van der Waals surface area contributed by atoms with Gasteiger partial charge in [0.05, 0.1) is 21.9 Å². The Morgan fingerprint density at radius 2 is 0.605 bits per heavy atom. The highest BCUT2D eigenvalue weighted by Crippen LogP contribution is 2.58. The van der Waals surface area contributed by atoms with E-state index >= 15 is 0 Å². The third-order valence-electron chi connectivity index (χ3n) is 16.6. The lowest BCUT2D eigenvalue weighted by molar-refractivity contribution is 0.768. The number of benzene rings is 12. The van der Waals surface area contributed by atoms with Gasteiger partial charge in [0.2, 0.25) is 0 Å². The van der Waals surface area contributed by atoms with E-state index in [9.17, 15) is 0 Å². The first-order valence-electron chi connectivity index (χ1n) is 26.4. The smallest absolute Gasteiger partial charge is 0.0713 e. The first kappa shape index (κ1) is 43.8. The molecule has 15 rings (SSSR count). The zero-order valence-electron chi connectivity index (χ0n) is 41.8. The lowest BCUT2D eigenvalue weighted by Crippen LogP contribution is -2.28. The monoisotopic (exact) mass is 966 g/mol. The lowest BCUT2D eigenvalue weighted by Gasteiger charge is -2.34. The van der Waals surface area contributed by atoms with Crippen LogP contribution in [0.3, 0.4) is 0 Å². The van der Waals surface area contributed by atoms with Crippen molar-refractivity contribution >= 4 is 38.9 Å². The molecule has 0 amide bonds. The van der Waals surface area contributed by atoms with Crippen molar-refractivity contribution in [2.24, 2.45) is 0 Å². The van der Waals surface area contributed by atoms with Gasteiger partial charge in [-0.2, -0.15) is 0 Å². The normalized spacial score (nSPS) is 13.5. The SMILES string of the molecule is c1ccc(-c2ccc(N(c3ccc(-n4c5ccccc5c5cc(C6(c7ccccc7)c7ccccc7-c7ccccc76)ccc54)cc3)c3ccc(C4(c5ccccc5)c5ccccc5-c5ccccc54)cc3)cc2)cc1. The molecule has 1 heterocycles. The molecule has 0 atom stereocenters. The van der Waals surface area contributed by atoms with Gasteiger partial charge in [-0.25, -0.2) is 0 Å². The molecule has 1 aromatic heterocycles. The Kier molecular flexibility index (Phi) is 10.0. The molecule has 12 aromatic carbocycles. The number of nitrogens with zero attached hydrogens (tertiary/aromatic N) is 2. The van der Waals surface area contributed by atoms with Crippen molar-refractivity contribution in [3.05, 3.63) is 348 Å². The van der Waals surface area contributed by atoms with Gasteiger partial charge in [-0.15, -0.1) is 0 Å². The molecule has 0 N–H and O–H groups in total. The molecule has 0 radical (unpaired) electrons. The zero-order chi connectivity index (χ0) is 50.2. The summed E-state index contributed by atoms with van der Waals surface area (Å²) in [5, 5.41) is 2.46. The van der Waals surface area contributed by atoms with E-state index in [4.69, 9.17) is 0 Å². The van der Waals surface area contributed by atoms with E-state index in [0.29, 0.717) is 0 Å². The second kappa shape index (κ2) is 17.4. The van der Waals surface area contributed by atoms with E-state index in [1.807, 2.05) is 0 Å². The molecule has 0 unspecified atom stereocenters. The zero-order valence-corrected chi connectivity index (χ0v) is 41.8. The molecule has 76 heavy (non-hydrogen) atoms.